The summed E-state index contributed by atoms with van der Waals surface area (Å²) in [4.78, 5) is 28.6. The molecule has 158 valence electrons. The molecule has 1 N–H and O–H groups in total. The predicted octanol–water partition coefficient (Wildman–Crippen LogP) is 4.24. The van der Waals surface area contributed by atoms with Crippen LogP contribution in [0.2, 0.25) is 0 Å². The summed E-state index contributed by atoms with van der Waals surface area (Å²) < 4.78 is 20.5. The molecular weight excluding hydrogens is 401 g/mol. The fraction of sp³-hybridized carbons (Fsp3) is 0.579. The van der Waals surface area contributed by atoms with Crippen LogP contribution in [0.3, 0.4) is 0 Å². The number of ether oxygens (including phenoxy) is 1. The topological polar surface area (TPSA) is 105 Å². The summed E-state index contributed by atoms with van der Waals surface area (Å²) in [6.45, 7) is 5.26. The molecule has 1 aliphatic carbocycles. The van der Waals surface area contributed by atoms with Crippen LogP contribution in [0.15, 0.2) is 23.2 Å². The average molecular weight is 425 g/mol. The van der Waals surface area contributed by atoms with Crippen LogP contribution in [0.4, 0.5) is 14.9 Å². The number of benzene rings is 1. The lowest BCUT2D eigenvalue weighted by molar-refractivity contribution is -0.385. The minimum atomic E-state index is -1.15. The van der Waals surface area contributed by atoms with Gasteiger partial charge < -0.3 is 9.84 Å². The maximum atomic E-state index is 14.9. The first kappa shape index (κ1) is 21.5. The van der Waals surface area contributed by atoms with Crippen LogP contribution in [0.5, 0.6) is 0 Å². The monoisotopic (exact) mass is 425 g/mol. The van der Waals surface area contributed by atoms with Gasteiger partial charge in [0.25, 0.3) is 5.69 Å². The van der Waals surface area contributed by atoms with Crippen molar-refractivity contribution in [2.24, 2.45) is 10.9 Å². The second-order valence-electron chi connectivity index (χ2n) is 8.26. The van der Waals surface area contributed by atoms with Crippen molar-refractivity contribution in [2.75, 3.05) is 12.9 Å². The van der Waals surface area contributed by atoms with E-state index in [0.29, 0.717) is 18.6 Å². The quantitative estimate of drug-likeness (QED) is 0.574. The fourth-order valence-electron chi connectivity index (χ4n) is 4.21. The summed E-state index contributed by atoms with van der Waals surface area (Å²) in [5.41, 5.74) is -1.98. The van der Waals surface area contributed by atoms with Gasteiger partial charge >= 0.3 is 6.09 Å². The van der Waals surface area contributed by atoms with E-state index < -0.39 is 27.9 Å². The highest BCUT2D eigenvalue weighted by Crippen LogP contribution is 2.53. The Balaban J connectivity index is 2.22. The molecule has 29 heavy (non-hydrogen) atoms. The molecule has 3 atom stereocenters. The minimum absolute atomic E-state index is 0.119. The standard InChI is InChI=1S/C19H24FN3O5S/c1-18(2,3)22(17(24)25)16-21-19(8-7-15(28-4)13(19)10-29-16)12-9-11(23(26)27)5-6-14(12)20/h5-6,9,13,15H,7-8,10H2,1-4H3,(H,24,25)/t13-,15+,19+/m1/s1. The van der Waals surface area contributed by atoms with E-state index in [1.807, 2.05) is 0 Å². The van der Waals surface area contributed by atoms with Crippen molar-refractivity contribution in [3.8, 4) is 0 Å². The summed E-state index contributed by atoms with van der Waals surface area (Å²) in [6, 6.07) is 3.42. The van der Waals surface area contributed by atoms with Crippen molar-refractivity contribution >= 4 is 28.7 Å². The van der Waals surface area contributed by atoms with Crippen LogP contribution in [0, 0.1) is 21.8 Å². The molecule has 0 aromatic heterocycles. The number of aliphatic imine (C=N–C) groups is 1. The zero-order valence-electron chi connectivity index (χ0n) is 16.7. The first-order valence-electron chi connectivity index (χ1n) is 9.24. The molecule has 1 heterocycles. The Hall–Kier alpha value is -2.20. The number of thioether (sulfide) groups is 1. The minimum Gasteiger partial charge on any atom is -0.465 e. The molecule has 3 rings (SSSR count). The molecule has 1 amide bonds. The Morgan fingerprint density at radius 1 is 1.48 bits per heavy atom. The number of carbonyl (C=O) groups is 1. The maximum Gasteiger partial charge on any atom is 0.413 e. The van der Waals surface area contributed by atoms with E-state index in [9.17, 15) is 24.4 Å². The van der Waals surface area contributed by atoms with Gasteiger partial charge in [0.15, 0.2) is 5.17 Å². The normalized spacial score (nSPS) is 26.6. The Morgan fingerprint density at radius 2 is 2.17 bits per heavy atom. The number of nitro benzene ring substituents is 1. The number of methoxy groups -OCH3 is 1. The zero-order chi connectivity index (χ0) is 21.6. The largest absolute Gasteiger partial charge is 0.465 e. The summed E-state index contributed by atoms with van der Waals surface area (Å²) in [5, 5.41) is 21.3. The first-order chi connectivity index (χ1) is 13.5. The maximum absolute atomic E-state index is 14.9. The second-order valence-corrected chi connectivity index (χ2v) is 9.25. The van der Waals surface area contributed by atoms with Gasteiger partial charge in [-0.25, -0.2) is 14.2 Å². The smallest absolute Gasteiger partial charge is 0.413 e. The SMILES string of the molecule is CO[C@H]1CC[C@@]2(c3cc([N+](=O)[O-])ccc3F)N=C(N(C(=O)O)C(C)(C)C)SC[C@H]12. The van der Waals surface area contributed by atoms with Crippen LogP contribution >= 0.6 is 11.8 Å². The van der Waals surface area contributed by atoms with Gasteiger partial charge in [0.05, 0.1) is 16.6 Å². The third kappa shape index (κ3) is 3.71. The van der Waals surface area contributed by atoms with Gasteiger partial charge in [-0.3, -0.25) is 15.0 Å². The van der Waals surface area contributed by atoms with Crippen molar-refractivity contribution in [1.82, 2.24) is 4.90 Å². The van der Waals surface area contributed by atoms with E-state index in [1.54, 1.807) is 27.9 Å². The average Bonchev–Trinajstić information content (AvgIpc) is 2.99. The highest BCUT2D eigenvalue weighted by molar-refractivity contribution is 8.13. The van der Waals surface area contributed by atoms with E-state index in [1.165, 1.54) is 22.7 Å². The number of rotatable bonds is 3. The number of non-ortho nitro benzene ring substituents is 1. The van der Waals surface area contributed by atoms with Gasteiger partial charge in [-0.2, -0.15) is 0 Å². The van der Waals surface area contributed by atoms with Crippen molar-refractivity contribution in [3.05, 3.63) is 39.7 Å². The number of nitrogens with zero attached hydrogens (tertiary/aromatic N) is 3. The fourth-order valence-corrected chi connectivity index (χ4v) is 5.74. The molecule has 2 aliphatic rings. The van der Waals surface area contributed by atoms with Crippen molar-refractivity contribution in [3.63, 3.8) is 0 Å². The van der Waals surface area contributed by atoms with Crippen molar-refractivity contribution < 1.29 is 24.0 Å². The Morgan fingerprint density at radius 3 is 2.72 bits per heavy atom. The van der Waals surface area contributed by atoms with Gasteiger partial charge in [0, 0.05) is 42.0 Å². The van der Waals surface area contributed by atoms with Crippen LogP contribution < -0.4 is 0 Å². The number of amidine groups is 1. The van der Waals surface area contributed by atoms with E-state index in [-0.39, 0.29) is 28.4 Å². The highest BCUT2D eigenvalue weighted by Gasteiger charge is 2.54. The zero-order valence-corrected chi connectivity index (χ0v) is 17.5. The molecule has 1 aromatic rings. The van der Waals surface area contributed by atoms with Crippen LogP contribution in [-0.4, -0.2) is 50.7 Å². The number of hydrogen-bond acceptors (Lipinski definition) is 6. The van der Waals surface area contributed by atoms with E-state index >= 15 is 0 Å². The third-order valence-corrected chi connectivity index (χ3v) is 6.60. The van der Waals surface area contributed by atoms with E-state index in [4.69, 9.17) is 9.73 Å². The molecular formula is C19H24FN3O5S. The van der Waals surface area contributed by atoms with Crippen LogP contribution in [-0.2, 0) is 10.3 Å². The molecule has 1 aliphatic heterocycles. The predicted molar refractivity (Wildman–Crippen MR) is 108 cm³/mol. The van der Waals surface area contributed by atoms with E-state index in [2.05, 4.69) is 0 Å². The number of fused-ring (bicyclic) bond motifs is 1. The molecule has 0 bridgehead atoms. The second kappa shape index (κ2) is 7.56. The summed E-state index contributed by atoms with van der Waals surface area (Å²) in [5.74, 6) is -0.349. The van der Waals surface area contributed by atoms with Crippen molar-refractivity contribution in [2.45, 2.75) is 50.8 Å². The first-order valence-corrected chi connectivity index (χ1v) is 10.2. The molecule has 0 saturated heterocycles. The molecule has 1 fully saturated rings. The molecule has 0 unspecified atom stereocenters. The Labute approximate surface area is 172 Å². The Bertz CT molecular complexity index is 872. The molecule has 0 spiro atoms. The highest BCUT2D eigenvalue weighted by atomic mass is 32.2. The third-order valence-electron chi connectivity index (χ3n) is 5.54. The van der Waals surface area contributed by atoms with E-state index in [0.717, 1.165) is 12.1 Å². The van der Waals surface area contributed by atoms with Gasteiger partial charge in [-0.1, -0.05) is 11.8 Å². The van der Waals surface area contributed by atoms with Crippen molar-refractivity contribution in [1.29, 1.82) is 0 Å². The number of hydrogen-bond donors (Lipinski definition) is 1. The van der Waals surface area contributed by atoms with Gasteiger partial charge in [-0.15, -0.1) is 0 Å². The molecule has 8 nitrogen and oxygen atoms in total. The van der Waals surface area contributed by atoms with Gasteiger partial charge in [0.2, 0.25) is 0 Å². The van der Waals surface area contributed by atoms with Crippen LogP contribution in [0.25, 0.3) is 0 Å². The molecule has 10 heteroatoms. The van der Waals surface area contributed by atoms with Crippen LogP contribution in [0.1, 0.15) is 39.2 Å². The molecule has 0 radical (unpaired) electrons. The summed E-state index contributed by atoms with van der Waals surface area (Å²) >= 11 is 1.29. The lowest BCUT2D eigenvalue weighted by atomic mass is 9.80. The number of nitro groups is 1. The lowest BCUT2D eigenvalue weighted by Gasteiger charge is -2.42. The molecule has 1 aromatic carbocycles. The number of halogens is 1. The Kier molecular flexibility index (Phi) is 5.61. The van der Waals surface area contributed by atoms with Gasteiger partial charge in [0.1, 0.15) is 5.82 Å². The van der Waals surface area contributed by atoms with Gasteiger partial charge in [-0.05, 0) is 39.7 Å². The summed E-state index contributed by atoms with van der Waals surface area (Å²) in [6.07, 6.45) is -0.336. The molecule has 1 saturated carbocycles. The number of amides is 1. The number of carboxylic acid groups (broad SMARTS) is 1. The summed E-state index contributed by atoms with van der Waals surface area (Å²) in [7, 11) is 1.58. The lowest BCUT2D eigenvalue weighted by Crippen LogP contribution is -2.51.